The molecule has 0 saturated carbocycles. The van der Waals surface area contributed by atoms with Crippen LogP contribution in [0.1, 0.15) is 18.2 Å². The summed E-state index contributed by atoms with van der Waals surface area (Å²) in [7, 11) is 4.01. The van der Waals surface area contributed by atoms with Crippen LogP contribution in [0.5, 0.6) is 0 Å². The molecule has 0 aliphatic rings. The van der Waals surface area contributed by atoms with E-state index in [1.807, 2.05) is 33.3 Å². The zero-order valence-corrected chi connectivity index (χ0v) is 17.0. The van der Waals surface area contributed by atoms with Crippen LogP contribution in [0.4, 0.5) is 5.69 Å². The van der Waals surface area contributed by atoms with Gasteiger partial charge in [-0.1, -0.05) is 12.1 Å². The van der Waals surface area contributed by atoms with E-state index in [1.165, 1.54) is 17.8 Å². The number of benzene rings is 1. The van der Waals surface area contributed by atoms with E-state index in [-0.39, 0.29) is 29.7 Å². The van der Waals surface area contributed by atoms with Crippen LogP contribution in [-0.4, -0.2) is 33.9 Å². The minimum atomic E-state index is -0.398. The molecule has 136 valence electrons. The first-order valence-electron chi connectivity index (χ1n) is 7.84. The van der Waals surface area contributed by atoms with Gasteiger partial charge in [-0.25, -0.2) is 4.99 Å². The predicted octanol–water partition coefficient (Wildman–Crippen LogP) is 3.15. The number of halogens is 1. The average molecular weight is 457 g/mol. The van der Waals surface area contributed by atoms with Gasteiger partial charge in [0.25, 0.3) is 5.69 Å². The highest BCUT2D eigenvalue weighted by Gasteiger charge is 2.09. The maximum atomic E-state index is 10.7. The largest absolute Gasteiger partial charge is 0.357 e. The van der Waals surface area contributed by atoms with E-state index < -0.39 is 4.92 Å². The molecule has 1 aromatic heterocycles. The summed E-state index contributed by atoms with van der Waals surface area (Å²) in [5, 5.41) is 14.0. The predicted molar refractivity (Wildman–Crippen MR) is 110 cm³/mol. The monoisotopic (exact) mass is 457 g/mol. The van der Waals surface area contributed by atoms with Gasteiger partial charge in [0.05, 0.1) is 18.0 Å². The van der Waals surface area contributed by atoms with Crippen LogP contribution >= 0.6 is 24.0 Å². The zero-order chi connectivity index (χ0) is 17.5. The first-order valence-corrected chi connectivity index (χ1v) is 7.84. The molecule has 0 spiro atoms. The lowest BCUT2D eigenvalue weighted by atomic mass is 10.2. The first-order chi connectivity index (χ1) is 11.5. The van der Waals surface area contributed by atoms with Crippen LogP contribution in [-0.2, 0) is 20.1 Å². The maximum absolute atomic E-state index is 10.7. The molecule has 2 aromatic rings. The molecule has 1 aromatic carbocycles. The summed E-state index contributed by atoms with van der Waals surface area (Å²) in [5.41, 5.74) is 2.22. The van der Waals surface area contributed by atoms with E-state index in [1.54, 1.807) is 12.1 Å². The minimum absolute atomic E-state index is 0. The topological polar surface area (TPSA) is 75.7 Å². The van der Waals surface area contributed by atoms with Crippen molar-refractivity contribution in [2.75, 3.05) is 13.6 Å². The summed E-state index contributed by atoms with van der Waals surface area (Å²) >= 11 is 0. The fourth-order valence-electron chi connectivity index (χ4n) is 2.34. The summed E-state index contributed by atoms with van der Waals surface area (Å²) in [5.74, 6) is 0.803. The van der Waals surface area contributed by atoms with Crippen molar-refractivity contribution < 1.29 is 4.92 Å². The van der Waals surface area contributed by atoms with Gasteiger partial charge in [-0.2, -0.15) is 0 Å². The van der Waals surface area contributed by atoms with Crippen LogP contribution in [0.25, 0.3) is 0 Å². The Hall–Kier alpha value is -2.10. The Morgan fingerprint density at radius 1 is 1.32 bits per heavy atom. The summed E-state index contributed by atoms with van der Waals surface area (Å²) in [6.45, 7) is 4.02. The number of rotatable bonds is 6. The number of non-ortho nitro benzene ring substituents is 1. The molecule has 1 heterocycles. The highest BCUT2D eigenvalue weighted by molar-refractivity contribution is 14.0. The van der Waals surface area contributed by atoms with Crippen molar-refractivity contribution in [1.82, 2.24) is 14.8 Å². The quantitative estimate of drug-likeness (QED) is 0.238. The summed E-state index contributed by atoms with van der Waals surface area (Å²) in [6.07, 6.45) is 2.02. The van der Waals surface area contributed by atoms with Crippen molar-refractivity contribution in [2.24, 2.45) is 12.0 Å². The third-order valence-electron chi connectivity index (χ3n) is 3.71. The molecule has 0 atom stereocenters. The van der Waals surface area contributed by atoms with Gasteiger partial charge >= 0.3 is 0 Å². The van der Waals surface area contributed by atoms with Crippen molar-refractivity contribution in [3.63, 3.8) is 0 Å². The molecule has 8 heteroatoms. The SMILES string of the molecule is CCNC(=NCc1ccc([N+](=O)[O-])cc1)N(C)Cc1cccn1C.I. The molecule has 25 heavy (non-hydrogen) atoms. The molecule has 0 radical (unpaired) electrons. The Labute approximate surface area is 164 Å². The molecule has 0 aliphatic carbocycles. The molecule has 0 saturated heterocycles. The highest BCUT2D eigenvalue weighted by atomic mass is 127. The zero-order valence-electron chi connectivity index (χ0n) is 14.7. The molecule has 2 rings (SSSR count). The molecule has 7 nitrogen and oxygen atoms in total. The fraction of sp³-hybridized carbons (Fsp3) is 0.353. The summed E-state index contributed by atoms with van der Waals surface area (Å²) in [4.78, 5) is 17.0. The number of nitro benzene ring substituents is 1. The van der Waals surface area contributed by atoms with Gasteiger partial charge in [-0.15, -0.1) is 24.0 Å². The van der Waals surface area contributed by atoms with Crippen molar-refractivity contribution in [2.45, 2.75) is 20.0 Å². The van der Waals surface area contributed by atoms with Gasteiger partial charge in [-0.3, -0.25) is 10.1 Å². The minimum Gasteiger partial charge on any atom is -0.357 e. The third kappa shape index (κ3) is 6.04. The molecule has 0 unspecified atom stereocenters. The van der Waals surface area contributed by atoms with E-state index >= 15 is 0 Å². The molecule has 0 aliphatic heterocycles. The first kappa shape index (κ1) is 20.9. The standard InChI is InChI=1S/C17H23N5O2.HI/c1-4-18-17(21(3)13-16-6-5-11-20(16)2)19-12-14-7-9-15(10-8-14)22(23)24;/h5-11H,4,12-13H2,1-3H3,(H,18,19);1H. The highest BCUT2D eigenvalue weighted by Crippen LogP contribution is 2.12. The lowest BCUT2D eigenvalue weighted by Gasteiger charge is -2.22. The Kier molecular flexibility index (Phi) is 8.39. The van der Waals surface area contributed by atoms with Crippen molar-refractivity contribution in [3.8, 4) is 0 Å². The molecular formula is C17H24IN5O2. The lowest BCUT2D eigenvalue weighted by Crippen LogP contribution is -2.38. The Bertz CT molecular complexity index is 712. The summed E-state index contributed by atoms with van der Waals surface area (Å²) in [6, 6.07) is 10.6. The normalized spacial score (nSPS) is 10.9. The number of nitro groups is 1. The van der Waals surface area contributed by atoms with E-state index in [9.17, 15) is 10.1 Å². The van der Waals surface area contributed by atoms with E-state index in [4.69, 9.17) is 0 Å². The van der Waals surface area contributed by atoms with E-state index in [0.717, 1.165) is 24.6 Å². The second-order valence-corrected chi connectivity index (χ2v) is 5.56. The Morgan fingerprint density at radius 2 is 2.00 bits per heavy atom. The number of nitrogens with one attached hydrogen (secondary N) is 1. The molecular weight excluding hydrogens is 433 g/mol. The number of hydrogen-bond donors (Lipinski definition) is 1. The van der Waals surface area contributed by atoms with Gasteiger partial charge in [0, 0.05) is 44.7 Å². The van der Waals surface area contributed by atoms with Crippen LogP contribution in [0.3, 0.4) is 0 Å². The smallest absolute Gasteiger partial charge is 0.269 e. The number of aromatic nitrogens is 1. The molecule has 0 bridgehead atoms. The number of aliphatic imine (C=N–C) groups is 1. The average Bonchev–Trinajstić information content (AvgIpc) is 2.96. The van der Waals surface area contributed by atoms with Crippen LogP contribution < -0.4 is 5.32 Å². The van der Waals surface area contributed by atoms with Crippen LogP contribution in [0, 0.1) is 10.1 Å². The maximum Gasteiger partial charge on any atom is 0.269 e. The van der Waals surface area contributed by atoms with E-state index in [0.29, 0.717) is 6.54 Å². The number of hydrogen-bond acceptors (Lipinski definition) is 3. The molecule has 0 fully saturated rings. The Morgan fingerprint density at radius 3 is 2.52 bits per heavy atom. The van der Waals surface area contributed by atoms with Gasteiger partial charge in [0.2, 0.25) is 0 Å². The fourth-order valence-corrected chi connectivity index (χ4v) is 2.34. The third-order valence-corrected chi connectivity index (χ3v) is 3.71. The van der Waals surface area contributed by atoms with Gasteiger partial charge in [0.1, 0.15) is 0 Å². The van der Waals surface area contributed by atoms with Gasteiger partial charge in [0.15, 0.2) is 5.96 Å². The Balaban J connectivity index is 0.00000312. The number of guanidine groups is 1. The lowest BCUT2D eigenvalue weighted by molar-refractivity contribution is -0.384. The van der Waals surface area contributed by atoms with E-state index in [2.05, 4.69) is 25.8 Å². The van der Waals surface area contributed by atoms with Crippen LogP contribution in [0.2, 0.25) is 0 Å². The summed E-state index contributed by atoms with van der Waals surface area (Å²) < 4.78 is 2.08. The molecule has 0 amide bonds. The van der Waals surface area contributed by atoms with Crippen molar-refractivity contribution >= 4 is 35.6 Å². The molecule has 1 N–H and O–H groups in total. The van der Waals surface area contributed by atoms with Crippen molar-refractivity contribution in [1.29, 1.82) is 0 Å². The van der Waals surface area contributed by atoms with Crippen LogP contribution in [0.15, 0.2) is 47.6 Å². The number of nitrogens with zero attached hydrogens (tertiary/aromatic N) is 4. The number of aryl methyl sites for hydroxylation is 1. The second-order valence-electron chi connectivity index (χ2n) is 5.56. The van der Waals surface area contributed by atoms with Gasteiger partial charge in [-0.05, 0) is 24.6 Å². The van der Waals surface area contributed by atoms with Crippen molar-refractivity contribution in [3.05, 3.63) is 64.0 Å². The second kappa shape index (κ2) is 10.0. The van der Waals surface area contributed by atoms with Gasteiger partial charge < -0.3 is 14.8 Å².